The smallest absolute Gasteiger partial charge is 0.260 e. The average Bonchev–Trinajstić information content (AvgIpc) is 2.52. The van der Waals surface area contributed by atoms with Crippen LogP contribution in [0.1, 0.15) is 12.8 Å². The van der Waals surface area contributed by atoms with Crippen molar-refractivity contribution in [3.8, 4) is 11.5 Å². The number of carbonyl (C=O) groups is 1. The molecular weight excluding hydrogens is 270 g/mol. The molecule has 3 N–H and O–H groups in total. The summed E-state index contributed by atoms with van der Waals surface area (Å²) >= 11 is 0. The predicted molar refractivity (Wildman–Crippen MR) is 81.6 cm³/mol. The van der Waals surface area contributed by atoms with Crippen LogP contribution in [0.3, 0.4) is 0 Å². The van der Waals surface area contributed by atoms with Crippen LogP contribution in [-0.4, -0.2) is 50.7 Å². The number of benzene rings is 1. The monoisotopic (exact) mass is 293 g/mol. The van der Waals surface area contributed by atoms with Crippen LogP contribution in [0.2, 0.25) is 0 Å². The molecule has 1 aromatic rings. The third kappa shape index (κ3) is 4.01. The van der Waals surface area contributed by atoms with E-state index in [1.165, 1.54) is 0 Å². The van der Waals surface area contributed by atoms with Gasteiger partial charge in [0.05, 0.1) is 7.11 Å². The molecule has 116 valence electrons. The van der Waals surface area contributed by atoms with Crippen molar-refractivity contribution in [2.45, 2.75) is 18.9 Å². The SMILES string of the molecule is COc1ccc(N)cc1OCC(=O)N(C)C1CCNCC1. The van der Waals surface area contributed by atoms with Gasteiger partial charge in [-0.05, 0) is 38.1 Å². The van der Waals surface area contributed by atoms with Crippen LogP contribution >= 0.6 is 0 Å². The second-order valence-corrected chi connectivity index (χ2v) is 5.18. The number of likely N-dealkylation sites (N-methyl/N-ethyl adjacent to an activating group) is 1. The lowest BCUT2D eigenvalue weighted by Gasteiger charge is -2.31. The number of methoxy groups -OCH3 is 1. The Labute approximate surface area is 125 Å². The van der Waals surface area contributed by atoms with Crippen LogP contribution in [0.25, 0.3) is 0 Å². The van der Waals surface area contributed by atoms with Crippen molar-refractivity contribution in [1.82, 2.24) is 10.2 Å². The molecule has 1 amide bonds. The highest BCUT2D eigenvalue weighted by molar-refractivity contribution is 5.78. The lowest BCUT2D eigenvalue weighted by atomic mass is 10.1. The number of nitrogens with zero attached hydrogens (tertiary/aromatic N) is 1. The second kappa shape index (κ2) is 7.17. The molecule has 1 heterocycles. The Hall–Kier alpha value is -1.95. The highest BCUT2D eigenvalue weighted by Crippen LogP contribution is 2.29. The Balaban J connectivity index is 1.92. The van der Waals surface area contributed by atoms with Gasteiger partial charge >= 0.3 is 0 Å². The van der Waals surface area contributed by atoms with Crippen molar-refractivity contribution < 1.29 is 14.3 Å². The first-order chi connectivity index (χ1) is 10.1. The maximum atomic E-state index is 12.2. The molecule has 6 heteroatoms. The van der Waals surface area contributed by atoms with E-state index in [-0.39, 0.29) is 18.6 Å². The van der Waals surface area contributed by atoms with Gasteiger partial charge in [-0.1, -0.05) is 0 Å². The molecule has 0 atom stereocenters. The minimum atomic E-state index is -0.0358. The van der Waals surface area contributed by atoms with Crippen LogP contribution in [0.15, 0.2) is 18.2 Å². The molecule has 1 saturated heterocycles. The fourth-order valence-electron chi connectivity index (χ4n) is 2.45. The fraction of sp³-hybridized carbons (Fsp3) is 0.533. The van der Waals surface area contributed by atoms with E-state index in [9.17, 15) is 4.79 Å². The number of hydrogen-bond donors (Lipinski definition) is 2. The fourth-order valence-corrected chi connectivity index (χ4v) is 2.45. The maximum absolute atomic E-state index is 12.2. The third-order valence-corrected chi connectivity index (χ3v) is 3.79. The molecule has 6 nitrogen and oxygen atoms in total. The number of piperidine rings is 1. The van der Waals surface area contributed by atoms with Gasteiger partial charge < -0.3 is 25.4 Å². The molecule has 0 saturated carbocycles. The first-order valence-corrected chi connectivity index (χ1v) is 7.14. The van der Waals surface area contributed by atoms with E-state index in [1.54, 1.807) is 30.2 Å². The molecule has 2 rings (SSSR count). The summed E-state index contributed by atoms with van der Waals surface area (Å²) in [6, 6.07) is 5.40. The van der Waals surface area contributed by atoms with Gasteiger partial charge in [0.1, 0.15) is 0 Å². The van der Waals surface area contributed by atoms with E-state index >= 15 is 0 Å². The van der Waals surface area contributed by atoms with Crippen molar-refractivity contribution in [1.29, 1.82) is 0 Å². The molecule has 0 aromatic heterocycles. The largest absolute Gasteiger partial charge is 0.493 e. The molecular formula is C15H23N3O3. The van der Waals surface area contributed by atoms with E-state index in [0.29, 0.717) is 17.2 Å². The number of hydrogen-bond acceptors (Lipinski definition) is 5. The Kier molecular flexibility index (Phi) is 5.27. The third-order valence-electron chi connectivity index (χ3n) is 3.79. The van der Waals surface area contributed by atoms with E-state index in [4.69, 9.17) is 15.2 Å². The molecule has 21 heavy (non-hydrogen) atoms. The van der Waals surface area contributed by atoms with Crippen LogP contribution in [0.4, 0.5) is 5.69 Å². The molecule has 1 fully saturated rings. The first kappa shape index (κ1) is 15.4. The summed E-state index contributed by atoms with van der Waals surface area (Å²) < 4.78 is 10.8. The second-order valence-electron chi connectivity index (χ2n) is 5.18. The summed E-state index contributed by atoms with van der Waals surface area (Å²) in [4.78, 5) is 14.0. The Morgan fingerprint density at radius 2 is 2.10 bits per heavy atom. The number of carbonyl (C=O) groups excluding carboxylic acids is 1. The van der Waals surface area contributed by atoms with Gasteiger partial charge in [-0.15, -0.1) is 0 Å². The van der Waals surface area contributed by atoms with Crippen molar-refractivity contribution in [2.24, 2.45) is 0 Å². The van der Waals surface area contributed by atoms with Gasteiger partial charge in [0.2, 0.25) is 0 Å². The molecule has 0 spiro atoms. The summed E-state index contributed by atoms with van der Waals surface area (Å²) in [5.41, 5.74) is 6.30. The zero-order chi connectivity index (χ0) is 15.2. The van der Waals surface area contributed by atoms with E-state index in [0.717, 1.165) is 25.9 Å². The normalized spacial score (nSPS) is 15.5. The van der Waals surface area contributed by atoms with Gasteiger partial charge in [-0.2, -0.15) is 0 Å². The zero-order valence-corrected chi connectivity index (χ0v) is 12.6. The van der Waals surface area contributed by atoms with Crippen LogP contribution < -0.4 is 20.5 Å². The lowest BCUT2D eigenvalue weighted by Crippen LogP contribution is -2.45. The quantitative estimate of drug-likeness (QED) is 0.788. The van der Waals surface area contributed by atoms with Gasteiger partial charge in [0.25, 0.3) is 5.91 Å². The number of rotatable bonds is 5. The summed E-state index contributed by atoms with van der Waals surface area (Å²) in [6.45, 7) is 1.89. The zero-order valence-electron chi connectivity index (χ0n) is 12.6. The summed E-state index contributed by atoms with van der Waals surface area (Å²) in [5, 5.41) is 3.29. The van der Waals surface area contributed by atoms with E-state index in [1.807, 2.05) is 7.05 Å². The first-order valence-electron chi connectivity index (χ1n) is 7.14. The summed E-state index contributed by atoms with van der Waals surface area (Å²) in [6.07, 6.45) is 1.95. The molecule has 1 aliphatic heterocycles. The number of ether oxygens (including phenoxy) is 2. The Morgan fingerprint density at radius 3 is 2.76 bits per heavy atom. The molecule has 0 radical (unpaired) electrons. The molecule has 1 aromatic carbocycles. The van der Waals surface area contributed by atoms with Crippen LogP contribution in [0.5, 0.6) is 11.5 Å². The Bertz CT molecular complexity index is 487. The van der Waals surface area contributed by atoms with Crippen molar-refractivity contribution >= 4 is 11.6 Å². The standard InChI is InChI=1S/C15H23N3O3/c1-18(12-5-7-17-8-6-12)15(19)10-21-14-9-11(16)3-4-13(14)20-2/h3-4,9,12,17H,5-8,10,16H2,1-2H3. The van der Waals surface area contributed by atoms with Gasteiger partial charge in [0.15, 0.2) is 18.1 Å². The molecule has 0 bridgehead atoms. The predicted octanol–water partition coefficient (Wildman–Crippen LogP) is 0.867. The van der Waals surface area contributed by atoms with Gasteiger partial charge in [-0.3, -0.25) is 4.79 Å². The van der Waals surface area contributed by atoms with Crippen LogP contribution in [-0.2, 0) is 4.79 Å². The van der Waals surface area contributed by atoms with Crippen molar-refractivity contribution in [3.05, 3.63) is 18.2 Å². The molecule has 1 aliphatic rings. The van der Waals surface area contributed by atoms with Crippen molar-refractivity contribution in [3.63, 3.8) is 0 Å². The van der Waals surface area contributed by atoms with Gasteiger partial charge in [-0.25, -0.2) is 0 Å². The maximum Gasteiger partial charge on any atom is 0.260 e. The highest BCUT2D eigenvalue weighted by Gasteiger charge is 2.22. The average molecular weight is 293 g/mol. The number of anilines is 1. The van der Waals surface area contributed by atoms with E-state index < -0.39 is 0 Å². The lowest BCUT2D eigenvalue weighted by molar-refractivity contribution is -0.134. The molecule has 0 unspecified atom stereocenters. The number of nitrogen functional groups attached to an aromatic ring is 1. The number of nitrogens with two attached hydrogens (primary N) is 1. The minimum absolute atomic E-state index is 0.0136. The highest BCUT2D eigenvalue weighted by atomic mass is 16.5. The van der Waals surface area contributed by atoms with Crippen LogP contribution in [0, 0.1) is 0 Å². The Morgan fingerprint density at radius 1 is 1.38 bits per heavy atom. The van der Waals surface area contributed by atoms with Crippen molar-refractivity contribution in [2.75, 3.05) is 39.6 Å². The van der Waals surface area contributed by atoms with Gasteiger partial charge in [0, 0.05) is 24.8 Å². The summed E-state index contributed by atoms with van der Waals surface area (Å²) in [7, 11) is 3.39. The number of amides is 1. The summed E-state index contributed by atoms with van der Waals surface area (Å²) in [5.74, 6) is 1.03. The molecule has 0 aliphatic carbocycles. The minimum Gasteiger partial charge on any atom is -0.493 e. The topological polar surface area (TPSA) is 76.8 Å². The number of nitrogens with one attached hydrogen (secondary N) is 1. The van der Waals surface area contributed by atoms with E-state index in [2.05, 4.69) is 5.32 Å².